The Morgan fingerprint density at radius 1 is 0.800 bits per heavy atom. The van der Waals surface area contributed by atoms with Crippen LogP contribution in [0, 0.1) is 57.7 Å². The monoisotopic (exact) mass is 1170 g/mol. The van der Waals surface area contributed by atoms with Gasteiger partial charge >= 0.3 is 29.8 Å². The summed E-state index contributed by atoms with van der Waals surface area (Å²) in [6.45, 7) is 12.8. The lowest BCUT2D eigenvalue weighted by atomic mass is 9.41. The van der Waals surface area contributed by atoms with Gasteiger partial charge in [-0.15, -0.1) is 5.10 Å². The number of hydrogen-bond donors (Lipinski definition) is 3. The zero-order chi connectivity index (χ0) is 60.0. The third kappa shape index (κ3) is 7.46. The molecule has 2 saturated heterocycles. The van der Waals surface area contributed by atoms with Crippen molar-refractivity contribution in [1.29, 1.82) is 0 Å². The molecule has 2 spiro atoms. The average molecular weight is 1170 g/mol. The minimum atomic E-state index is -1.99. The van der Waals surface area contributed by atoms with E-state index in [1.54, 1.807) is 61.1 Å². The van der Waals surface area contributed by atoms with E-state index in [4.69, 9.17) is 42.6 Å². The molecule has 5 heterocycles. The number of aromatic hydroxyl groups is 1. The number of aliphatic hydroxyl groups excluding tert-OH is 1. The number of rotatable bonds is 12. The third-order valence-corrected chi connectivity index (χ3v) is 22.2. The largest absolute Gasteiger partial charge is 0.508 e. The first-order chi connectivity index (χ1) is 40.3. The van der Waals surface area contributed by atoms with Crippen LogP contribution < -0.4 is 9.47 Å². The van der Waals surface area contributed by atoms with Crippen LogP contribution in [0.5, 0.6) is 23.0 Å². The van der Waals surface area contributed by atoms with Crippen LogP contribution in [0.15, 0.2) is 66.9 Å². The Labute approximate surface area is 488 Å². The summed E-state index contributed by atoms with van der Waals surface area (Å²) in [6, 6.07) is 17.0. The summed E-state index contributed by atoms with van der Waals surface area (Å²) >= 11 is 0. The first-order valence-electron chi connectivity index (χ1n) is 29.3. The zero-order valence-corrected chi connectivity index (χ0v) is 48.2. The van der Waals surface area contributed by atoms with Crippen LogP contribution in [-0.4, -0.2) is 132 Å². The maximum atomic E-state index is 15.7. The van der Waals surface area contributed by atoms with Crippen LogP contribution in [0.4, 0.5) is 0 Å². The Morgan fingerprint density at radius 2 is 1.51 bits per heavy atom. The van der Waals surface area contributed by atoms with Crippen LogP contribution in [0.2, 0.25) is 0 Å². The molecule has 0 bridgehead atoms. The second-order valence-corrected chi connectivity index (χ2v) is 26.2. The molecule has 14 rings (SSSR count). The smallest absolute Gasteiger partial charge is 0.340 e. The molecular formula is C63H67N3O19. The number of aliphatic hydroxyl groups is 2. The van der Waals surface area contributed by atoms with Gasteiger partial charge in [0.25, 0.3) is 0 Å². The highest BCUT2D eigenvalue weighted by Crippen LogP contribution is 2.81. The van der Waals surface area contributed by atoms with Crippen molar-refractivity contribution in [2.45, 2.75) is 166 Å². The zero-order valence-electron chi connectivity index (χ0n) is 48.2. The number of carbonyl (C=O) groups is 7. The standard InChI is InChI=1S/C63H67N3O19/c1-27-45-48(60(7)61(8,76)42(71)24-62(60)54(27)84-62)50(74)46-44-47(53(78-28(2)67)56(59(45,46)6)80-30(4)69)58(5)38(23-41-51(82-41)55(58)79-29(3)68)49(73)52(44)83-43(72)15-11-12-20-66-25-31(64-65-66)26-77-33-17-19-37-40(22-33)81-39-21-32(70)16-18-36(39)63(37)35-14-10-9-13-34(35)57(75)85-63/h9-10,13-14,16-19,21-22,25,27,38,41,44-48,50-56,70,74,76H,11-12,15,20,23-24,26H2,1-8H3/t27-,38+,41-,44-,45-,46+,47+,48?,50+,51-,52+,53-,54+,55-,56-,58-,59+,60-,61+,62+,63?/m0/s1. The first-order valence-corrected chi connectivity index (χ1v) is 29.3. The van der Waals surface area contributed by atoms with Gasteiger partial charge in [-0.3, -0.25) is 33.4 Å². The number of aryl methyl sites for hydroxylation is 1. The predicted molar refractivity (Wildman–Crippen MR) is 288 cm³/mol. The number of aromatic nitrogens is 3. The van der Waals surface area contributed by atoms with Gasteiger partial charge in [0.1, 0.15) is 70.9 Å². The lowest BCUT2D eigenvalue weighted by Gasteiger charge is -2.65. The van der Waals surface area contributed by atoms with Crippen molar-refractivity contribution in [1.82, 2.24) is 15.0 Å². The number of fused-ring (bicyclic) bond motifs is 15. The highest BCUT2D eigenvalue weighted by atomic mass is 16.6. The van der Waals surface area contributed by atoms with Crippen LogP contribution in [0.1, 0.15) is 120 Å². The van der Waals surface area contributed by atoms with Crippen molar-refractivity contribution in [2.24, 2.45) is 57.7 Å². The molecule has 1 aromatic heterocycles. The quantitative estimate of drug-likeness (QED) is 0.0694. The van der Waals surface area contributed by atoms with Crippen molar-refractivity contribution in [3.05, 3.63) is 94.8 Å². The minimum Gasteiger partial charge on any atom is -0.508 e. The van der Waals surface area contributed by atoms with Crippen molar-refractivity contribution >= 4 is 41.4 Å². The first kappa shape index (κ1) is 55.6. The van der Waals surface area contributed by atoms with Crippen LogP contribution in [0.3, 0.4) is 0 Å². The molecule has 85 heavy (non-hydrogen) atoms. The average Bonchev–Trinajstić information content (AvgIpc) is 1.47. The normalized spacial score (nSPS) is 41.3. The number of unbranched alkanes of at least 4 members (excludes halogenated alkanes) is 1. The van der Waals surface area contributed by atoms with Crippen molar-refractivity contribution in [3.63, 3.8) is 0 Å². The van der Waals surface area contributed by atoms with E-state index in [-0.39, 0.29) is 38.0 Å². The van der Waals surface area contributed by atoms with E-state index in [1.165, 1.54) is 39.8 Å². The molecule has 2 unspecified atom stereocenters. The summed E-state index contributed by atoms with van der Waals surface area (Å²) in [5.74, 6) is -9.59. The van der Waals surface area contributed by atoms with E-state index < -0.39 is 165 Å². The number of esters is 5. The molecule has 21 atom stereocenters. The van der Waals surface area contributed by atoms with E-state index >= 15 is 4.79 Å². The van der Waals surface area contributed by atoms with E-state index in [9.17, 15) is 44.1 Å². The number of phenols is 1. The number of Topliss-reactive ketones (excluding diaryl/α,β-unsaturated/α-hetero) is 2. The predicted octanol–water partition coefficient (Wildman–Crippen LogP) is 5.38. The van der Waals surface area contributed by atoms with Crippen molar-refractivity contribution in [3.8, 4) is 23.0 Å². The van der Waals surface area contributed by atoms with Gasteiger partial charge in [-0.25, -0.2) is 4.79 Å². The van der Waals surface area contributed by atoms with Gasteiger partial charge in [0.05, 0.1) is 30.1 Å². The summed E-state index contributed by atoms with van der Waals surface area (Å²) in [7, 11) is 0. The Kier molecular flexibility index (Phi) is 12.2. The Bertz CT molecular complexity index is 3580. The summed E-state index contributed by atoms with van der Waals surface area (Å²) in [6.07, 6.45) is -6.11. The fraction of sp³-hybridized carbons (Fsp3) is 0.571. The fourth-order valence-electron chi connectivity index (χ4n) is 18.8. The Hall–Kier alpha value is -7.27. The Morgan fingerprint density at radius 3 is 2.25 bits per heavy atom. The molecule has 6 aliphatic carbocycles. The van der Waals surface area contributed by atoms with Gasteiger partial charge in [-0.1, -0.05) is 51.1 Å². The molecule has 3 N–H and O–H groups in total. The molecule has 448 valence electrons. The maximum absolute atomic E-state index is 15.7. The second-order valence-electron chi connectivity index (χ2n) is 26.2. The highest BCUT2D eigenvalue weighted by Gasteiger charge is 2.91. The SMILES string of the molecule is CC(=O)O[C@H]1[C@H]2[C@H]([C@@H]3[C@@H](O)C4[C@H]([C@H](C)[C@H]5O[C@]56CC(=O)[C@@](C)(O)[C@]46C)[C@@]3(C)[C@H]1OC(C)=O)[C@@H](OC(=O)CCCCn1cc(COc3ccc4c(c3)Oc3cc(O)ccc3C43OC(=O)c4ccccc43)nn1)C(=O)[C@H]1C[C@@H]3O[C@@H]3[C@H](OC(C)=O)[C@]21C. The molecule has 3 aromatic carbocycles. The molecule has 4 aliphatic heterocycles. The van der Waals surface area contributed by atoms with Gasteiger partial charge in [0.2, 0.25) is 0 Å². The van der Waals surface area contributed by atoms with E-state index in [2.05, 4.69) is 10.3 Å². The number of hydrogen-bond acceptors (Lipinski definition) is 21. The van der Waals surface area contributed by atoms with E-state index in [0.717, 1.165) is 0 Å². The number of ether oxygens (including phenoxy) is 9. The summed E-state index contributed by atoms with van der Waals surface area (Å²) in [5.41, 5.74) is -5.99. The molecule has 8 fully saturated rings. The highest BCUT2D eigenvalue weighted by molar-refractivity contribution is 5.97. The van der Waals surface area contributed by atoms with Crippen LogP contribution in [-0.2, 0) is 80.7 Å². The summed E-state index contributed by atoms with van der Waals surface area (Å²) in [4.78, 5) is 97.8. The summed E-state index contributed by atoms with van der Waals surface area (Å²) in [5, 5.41) is 44.9. The molecule has 0 radical (unpaired) electrons. The summed E-state index contributed by atoms with van der Waals surface area (Å²) < 4.78 is 58.4. The topological polar surface area (TPSA) is 301 Å². The third-order valence-electron chi connectivity index (χ3n) is 22.2. The second kappa shape index (κ2) is 18.6. The molecule has 0 amide bonds. The van der Waals surface area contributed by atoms with Crippen LogP contribution >= 0.6 is 0 Å². The number of phenolic OH excluding ortho intramolecular Hbond substituents is 1. The van der Waals surface area contributed by atoms with Gasteiger partial charge in [-0.2, -0.15) is 0 Å². The van der Waals surface area contributed by atoms with Gasteiger partial charge < -0.3 is 58.0 Å². The maximum Gasteiger partial charge on any atom is 0.340 e. The lowest BCUT2D eigenvalue weighted by molar-refractivity contribution is -0.274. The number of epoxide rings is 2. The number of ketones is 2. The molecule has 4 aromatic rings. The molecule has 22 heteroatoms. The van der Waals surface area contributed by atoms with Gasteiger partial charge in [0, 0.05) is 115 Å². The van der Waals surface area contributed by atoms with Gasteiger partial charge in [-0.05, 0) is 68.4 Å². The van der Waals surface area contributed by atoms with Crippen molar-refractivity contribution < 1.29 is 91.5 Å². The van der Waals surface area contributed by atoms with E-state index in [0.29, 0.717) is 58.2 Å². The molecule has 22 nitrogen and oxygen atoms in total. The molecule has 10 aliphatic rings. The lowest BCUT2D eigenvalue weighted by Crippen LogP contribution is -2.75. The fourth-order valence-corrected chi connectivity index (χ4v) is 18.8. The molecule has 6 saturated carbocycles. The van der Waals surface area contributed by atoms with E-state index in [1.807, 2.05) is 26.0 Å². The number of carbonyl (C=O) groups excluding carboxylic acids is 7. The van der Waals surface area contributed by atoms with Gasteiger partial charge in [0.15, 0.2) is 23.3 Å². The Balaban J connectivity index is 0.722. The minimum absolute atomic E-state index is 0.0131. The number of benzene rings is 3. The van der Waals surface area contributed by atoms with Crippen LogP contribution in [0.25, 0.3) is 0 Å². The number of nitrogens with zero attached hydrogens (tertiary/aromatic N) is 3. The molecular weight excluding hydrogens is 1100 g/mol. The van der Waals surface area contributed by atoms with Crippen molar-refractivity contribution in [2.75, 3.05) is 0 Å².